The summed E-state index contributed by atoms with van der Waals surface area (Å²) in [5, 5.41) is 4.87. The van der Waals surface area contributed by atoms with E-state index in [4.69, 9.17) is 5.73 Å². The standard InChI is InChI=1S/C13H17N3OS/c1-16(2)15-13(17)11(14)7-9-8-18-12-6-4-3-5-10(9)12/h3-6,8,11H,7,14H2,1-2H3,(H,15,17). The number of thiophene rings is 1. The highest BCUT2D eigenvalue weighted by molar-refractivity contribution is 7.17. The molecule has 0 fully saturated rings. The molecular weight excluding hydrogens is 246 g/mol. The van der Waals surface area contributed by atoms with Gasteiger partial charge in [-0.05, 0) is 28.8 Å². The van der Waals surface area contributed by atoms with Crippen LogP contribution in [0.3, 0.4) is 0 Å². The third-order valence-corrected chi connectivity index (χ3v) is 3.68. The monoisotopic (exact) mass is 263 g/mol. The van der Waals surface area contributed by atoms with Crippen molar-refractivity contribution in [3.8, 4) is 0 Å². The van der Waals surface area contributed by atoms with Crippen molar-refractivity contribution in [1.29, 1.82) is 0 Å². The van der Waals surface area contributed by atoms with Gasteiger partial charge in [-0.25, -0.2) is 5.01 Å². The molecule has 2 rings (SSSR count). The first-order chi connectivity index (χ1) is 8.58. The molecule has 1 aromatic heterocycles. The Morgan fingerprint density at radius 1 is 1.44 bits per heavy atom. The van der Waals surface area contributed by atoms with Crippen molar-refractivity contribution >= 4 is 27.3 Å². The van der Waals surface area contributed by atoms with Gasteiger partial charge in [0.1, 0.15) is 0 Å². The van der Waals surface area contributed by atoms with Gasteiger partial charge in [-0.3, -0.25) is 10.2 Å². The highest BCUT2D eigenvalue weighted by atomic mass is 32.1. The van der Waals surface area contributed by atoms with Crippen molar-refractivity contribution in [2.45, 2.75) is 12.5 Å². The van der Waals surface area contributed by atoms with Crippen LogP contribution in [-0.4, -0.2) is 31.1 Å². The Kier molecular flexibility index (Phi) is 3.96. The van der Waals surface area contributed by atoms with Gasteiger partial charge in [-0.15, -0.1) is 11.3 Å². The molecule has 0 saturated carbocycles. The number of carbonyl (C=O) groups is 1. The normalized spacial score (nSPS) is 12.9. The molecule has 1 unspecified atom stereocenters. The molecule has 1 atom stereocenters. The van der Waals surface area contributed by atoms with E-state index < -0.39 is 6.04 Å². The zero-order chi connectivity index (χ0) is 13.1. The van der Waals surface area contributed by atoms with E-state index in [1.54, 1.807) is 30.4 Å². The lowest BCUT2D eigenvalue weighted by molar-refractivity contribution is -0.126. The van der Waals surface area contributed by atoms with Gasteiger partial charge < -0.3 is 5.73 Å². The first-order valence-corrected chi connectivity index (χ1v) is 6.64. The molecule has 2 aromatic rings. The maximum atomic E-state index is 11.7. The summed E-state index contributed by atoms with van der Waals surface area (Å²) in [4.78, 5) is 11.7. The average molecular weight is 263 g/mol. The Balaban J connectivity index is 2.11. The largest absolute Gasteiger partial charge is 0.320 e. The molecular formula is C13H17N3OS. The Morgan fingerprint density at radius 2 is 2.17 bits per heavy atom. The van der Waals surface area contributed by atoms with Crippen molar-refractivity contribution in [2.75, 3.05) is 14.1 Å². The molecule has 0 spiro atoms. The van der Waals surface area contributed by atoms with Gasteiger partial charge in [-0.1, -0.05) is 18.2 Å². The van der Waals surface area contributed by atoms with Crippen LogP contribution < -0.4 is 11.2 Å². The van der Waals surface area contributed by atoms with E-state index in [-0.39, 0.29) is 5.91 Å². The second kappa shape index (κ2) is 5.48. The van der Waals surface area contributed by atoms with Crippen LogP contribution in [0.1, 0.15) is 5.56 Å². The van der Waals surface area contributed by atoms with Crippen molar-refractivity contribution in [2.24, 2.45) is 5.73 Å². The summed E-state index contributed by atoms with van der Waals surface area (Å²) in [6.45, 7) is 0. The molecule has 96 valence electrons. The summed E-state index contributed by atoms with van der Waals surface area (Å²) in [5.41, 5.74) is 9.73. The highest BCUT2D eigenvalue weighted by Crippen LogP contribution is 2.26. The number of nitrogens with one attached hydrogen (secondary N) is 1. The number of rotatable bonds is 4. The van der Waals surface area contributed by atoms with Gasteiger partial charge in [-0.2, -0.15) is 0 Å². The summed E-state index contributed by atoms with van der Waals surface area (Å²) in [5.74, 6) is -0.157. The van der Waals surface area contributed by atoms with Gasteiger partial charge in [0.2, 0.25) is 0 Å². The van der Waals surface area contributed by atoms with Gasteiger partial charge in [0.05, 0.1) is 6.04 Å². The fourth-order valence-corrected chi connectivity index (χ4v) is 2.80. The zero-order valence-corrected chi connectivity index (χ0v) is 11.3. The minimum Gasteiger partial charge on any atom is -0.320 e. The summed E-state index contributed by atoms with van der Waals surface area (Å²) >= 11 is 1.68. The third-order valence-electron chi connectivity index (χ3n) is 2.67. The molecule has 1 aromatic carbocycles. The Bertz CT molecular complexity index is 550. The predicted molar refractivity (Wildman–Crippen MR) is 75.3 cm³/mol. The second-order valence-corrected chi connectivity index (χ2v) is 5.35. The number of hydrazine groups is 1. The van der Waals surface area contributed by atoms with E-state index in [2.05, 4.69) is 22.9 Å². The number of carbonyl (C=O) groups excluding carboxylic acids is 1. The van der Waals surface area contributed by atoms with Crippen LogP contribution in [0.15, 0.2) is 29.6 Å². The van der Waals surface area contributed by atoms with E-state index in [1.165, 1.54) is 10.1 Å². The highest BCUT2D eigenvalue weighted by Gasteiger charge is 2.16. The molecule has 3 N–H and O–H groups in total. The molecule has 0 bridgehead atoms. The second-order valence-electron chi connectivity index (χ2n) is 4.44. The van der Waals surface area contributed by atoms with Crippen LogP contribution in [0.5, 0.6) is 0 Å². The van der Waals surface area contributed by atoms with E-state index >= 15 is 0 Å². The number of hydrogen-bond acceptors (Lipinski definition) is 4. The van der Waals surface area contributed by atoms with Crippen LogP contribution in [0, 0.1) is 0 Å². The lowest BCUT2D eigenvalue weighted by Gasteiger charge is -2.16. The number of amides is 1. The lowest BCUT2D eigenvalue weighted by Crippen LogP contribution is -2.47. The van der Waals surface area contributed by atoms with Gasteiger partial charge in [0.25, 0.3) is 5.91 Å². The van der Waals surface area contributed by atoms with Crippen molar-refractivity contribution < 1.29 is 4.79 Å². The number of fused-ring (bicyclic) bond motifs is 1. The predicted octanol–water partition coefficient (Wildman–Crippen LogP) is 1.36. The molecule has 4 nitrogen and oxygen atoms in total. The smallest absolute Gasteiger partial charge is 0.251 e. The lowest BCUT2D eigenvalue weighted by atomic mass is 10.1. The van der Waals surface area contributed by atoms with Crippen LogP contribution in [-0.2, 0) is 11.2 Å². The fraction of sp³-hybridized carbons (Fsp3) is 0.308. The van der Waals surface area contributed by atoms with Crippen LogP contribution in [0.2, 0.25) is 0 Å². The quantitative estimate of drug-likeness (QED) is 0.819. The van der Waals surface area contributed by atoms with Crippen LogP contribution in [0.4, 0.5) is 0 Å². The maximum Gasteiger partial charge on any atom is 0.251 e. The van der Waals surface area contributed by atoms with Gasteiger partial charge in [0.15, 0.2) is 0 Å². The number of nitrogens with two attached hydrogens (primary N) is 1. The minimum absolute atomic E-state index is 0.157. The minimum atomic E-state index is -0.523. The summed E-state index contributed by atoms with van der Waals surface area (Å²) < 4.78 is 1.23. The Labute approximate surface area is 110 Å². The van der Waals surface area contributed by atoms with Gasteiger partial charge in [0, 0.05) is 18.8 Å². The summed E-state index contributed by atoms with van der Waals surface area (Å²) in [6.07, 6.45) is 0.559. The SMILES string of the molecule is CN(C)NC(=O)C(N)Cc1csc2ccccc12. The molecule has 0 saturated heterocycles. The van der Waals surface area contributed by atoms with E-state index in [9.17, 15) is 4.79 Å². The zero-order valence-electron chi connectivity index (χ0n) is 10.5. The molecule has 1 amide bonds. The maximum absolute atomic E-state index is 11.7. The van der Waals surface area contributed by atoms with Crippen molar-refractivity contribution in [3.63, 3.8) is 0 Å². The first kappa shape index (κ1) is 13.0. The summed E-state index contributed by atoms with van der Waals surface area (Å²) in [7, 11) is 3.54. The molecule has 1 heterocycles. The summed E-state index contributed by atoms with van der Waals surface area (Å²) in [6, 6.07) is 7.64. The molecule has 5 heteroatoms. The molecule has 0 aliphatic rings. The molecule has 0 aliphatic carbocycles. The van der Waals surface area contributed by atoms with Crippen LogP contribution >= 0.6 is 11.3 Å². The Morgan fingerprint density at radius 3 is 2.89 bits per heavy atom. The number of nitrogens with zero attached hydrogens (tertiary/aromatic N) is 1. The van der Waals surface area contributed by atoms with Crippen molar-refractivity contribution in [1.82, 2.24) is 10.4 Å². The van der Waals surface area contributed by atoms with E-state index in [0.717, 1.165) is 5.56 Å². The number of hydrogen-bond donors (Lipinski definition) is 2. The molecule has 0 radical (unpaired) electrons. The first-order valence-electron chi connectivity index (χ1n) is 5.76. The molecule has 0 aliphatic heterocycles. The van der Waals surface area contributed by atoms with E-state index in [0.29, 0.717) is 6.42 Å². The number of benzene rings is 1. The topological polar surface area (TPSA) is 58.4 Å². The van der Waals surface area contributed by atoms with Crippen LogP contribution in [0.25, 0.3) is 10.1 Å². The third kappa shape index (κ3) is 2.87. The molecule has 18 heavy (non-hydrogen) atoms. The van der Waals surface area contributed by atoms with Gasteiger partial charge >= 0.3 is 0 Å². The Hall–Kier alpha value is -1.43. The van der Waals surface area contributed by atoms with E-state index in [1.807, 2.05) is 12.1 Å². The fourth-order valence-electron chi connectivity index (χ4n) is 1.82. The van der Waals surface area contributed by atoms with Crippen molar-refractivity contribution in [3.05, 3.63) is 35.2 Å². The average Bonchev–Trinajstić information content (AvgIpc) is 2.72.